The number of hydrogen-bond donors (Lipinski definition) is 0. The van der Waals surface area contributed by atoms with E-state index in [0.29, 0.717) is 0 Å². The largest absolute Gasteiger partial charge is 0.456 e. The Kier molecular flexibility index (Phi) is 6.36. The molecule has 3 heterocycles. The minimum atomic E-state index is 0.858. The standard InChI is InChI=1S/C45H28N2OS/c1-2-8-30(9-3-1)35-10-4-6-12-40(35)47(34-21-22-37-36-11-5-7-13-43(36)49-44(37)27-34)33-19-16-29(17-20-33)32-15-14-31-18-23-42-45(38(31)26-32)39-28-46-25-24-41(39)48-42/h1-28H. The summed E-state index contributed by atoms with van der Waals surface area (Å²) in [5, 5.41) is 7.10. The van der Waals surface area contributed by atoms with Crippen molar-refractivity contribution in [3.8, 4) is 22.3 Å². The summed E-state index contributed by atoms with van der Waals surface area (Å²) in [6.07, 6.45) is 3.68. The van der Waals surface area contributed by atoms with Crippen LogP contribution in [0.15, 0.2) is 175 Å². The fourth-order valence-corrected chi connectivity index (χ4v) is 8.37. The first-order valence-corrected chi connectivity index (χ1v) is 17.3. The van der Waals surface area contributed by atoms with Gasteiger partial charge in [0, 0.05) is 60.3 Å². The van der Waals surface area contributed by atoms with Gasteiger partial charge in [-0.3, -0.25) is 4.98 Å². The highest BCUT2D eigenvalue weighted by Gasteiger charge is 2.19. The molecule has 0 amide bonds. The van der Waals surface area contributed by atoms with Crippen LogP contribution in [0, 0.1) is 0 Å². The summed E-state index contributed by atoms with van der Waals surface area (Å²) in [5.41, 5.74) is 9.79. The van der Waals surface area contributed by atoms with Crippen molar-refractivity contribution in [3.05, 3.63) is 170 Å². The Balaban J connectivity index is 1.12. The SMILES string of the molecule is c1ccc(-c2ccccc2N(c2ccc(-c3ccc4ccc5oc6ccncc6c5c4c3)cc2)c2ccc3c(c2)sc2ccccc23)cc1. The highest BCUT2D eigenvalue weighted by Crippen LogP contribution is 2.44. The number of fused-ring (bicyclic) bond motifs is 8. The highest BCUT2D eigenvalue weighted by atomic mass is 32.1. The van der Waals surface area contributed by atoms with Crippen molar-refractivity contribution in [3.63, 3.8) is 0 Å². The number of thiophene rings is 1. The Labute approximate surface area is 286 Å². The average molecular weight is 645 g/mol. The molecule has 10 rings (SSSR count). The van der Waals surface area contributed by atoms with Crippen LogP contribution in [0.5, 0.6) is 0 Å². The van der Waals surface area contributed by atoms with E-state index in [1.807, 2.05) is 23.6 Å². The molecule has 3 nitrogen and oxygen atoms in total. The van der Waals surface area contributed by atoms with Crippen molar-refractivity contribution >= 4 is 81.3 Å². The Hall–Kier alpha value is -6.23. The predicted molar refractivity (Wildman–Crippen MR) is 207 cm³/mol. The number of pyridine rings is 1. The fourth-order valence-electron chi connectivity index (χ4n) is 7.23. The van der Waals surface area contributed by atoms with E-state index < -0.39 is 0 Å². The van der Waals surface area contributed by atoms with Gasteiger partial charge in [-0.1, -0.05) is 103 Å². The summed E-state index contributed by atoms with van der Waals surface area (Å²) in [5.74, 6) is 0. The van der Waals surface area contributed by atoms with Crippen LogP contribution in [-0.2, 0) is 0 Å². The van der Waals surface area contributed by atoms with Crippen LogP contribution in [0.1, 0.15) is 0 Å². The molecule has 0 spiro atoms. The van der Waals surface area contributed by atoms with Gasteiger partial charge in [0.25, 0.3) is 0 Å². The van der Waals surface area contributed by atoms with E-state index in [4.69, 9.17) is 4.42 Å². The van der Waals surface area contributed by atoms with Crippen molar-refractivity contribution in [2.45, 2.75) is 0 Å². The second-order valence-corrected chi connectivity index (χ2v) is 13.5. The third kappa shape index (κ3) is 4.61. The van der Waals surface area contributed by atoms with Crippen LogP contribution in [0.2, 0.25) is 0 Å². The Morgan fingerprint density at radius 1 is 0.490 bits per heavy atom. The molecule has 7 aromatic carbocycles. The summed E-state index contributed by atoms with van der Waals surface area (Å²) in [6, 6.07) is 56.7. The third-order valence-corrected chi connectivity index (χ3v) is 10.7. The lowest BCUT2D eigenvalue weighted by molar-refractivity contribution is 0.668. The highest BCUT2D eigenvalue weighted by molar-refractivity contribution is 7.25. The number of nitrogens with zero attached hydrogens (tertiary/aromatic N) is 2. The number of benzene rings is 7. The van der Waals surface area contributed by atoms with Crippen LogP contribution < -0.4 is 4.90 Å². The number of furan rings is 1. The van der Waals surface area contributed by atoms with Crippen molar-refractivity contribution < 1.29 is 4.42 Å². The molecule has 49 heavy (non-hydrogen) atoms. The Bertz CT molecular complexity index is 2830. The molecule has 0 unspecified atom stereocenters. The summed E-state index contributed by atoms with van der Waals surface area (Å²) in [7, 11) is 0. The van der Waals surface area contributed by atoms with Crippen LogP contribution in [0.4, 0.5) is 17.1 Å². The summed E-state index contributed by atoms with van der Waals surface area (Å²) in [6.45, 7) is 0. The van der Waals surface area contributed by atoms with Crippen molar-refractivity contribution in [2.75, 3.05) is 4.90 Å². The molecular weight excluding hydrogens is 617 g/mol. The molecule has 0 saturated heterocycles. The topological polar surface area (TPSA) is 29.3 Å². The summed E-state index contributed by atoms with van der Waals surface area (Å²) >= 11 is 1.85. The molecule has 3 aromatic heterocycles. The average Bonchev–Trinajstić information content (AvgIpc) is 3.74. The first kappa shape index (κ1) is 27.8. The van der Waals surface area contributed by atoms with Crippen LogP contribution in [-0.4, -0.2) is 4.98 Å². The lowest BCUT2D eigenvalue weighted by Gasteiger charge is -2.28. The smallest absolute Gasteiger partial charge is 0.138 e. The zero-order valence-electron chi connectivity index (χ0n) is 26.4. The minimum Gasteiger partial charge on any atom is -0.456 e. The van der Waals surface area contributed by atoms with Crippen LogP contribution in [0.3, 0.4) is 0 Å². The number of hydrogen-bond acceptors (Lipinski definition) is 4. The van der Waals surface area contributed by atoms with Gasteiger partial charge in [-0.2, -0.15) is 0 Å². The predicted octanol–water partition coefficient (Wildman–Crippen LogP) is 13.3. The van der Waals surface area contributed by atoms with Gasteiger partial charge >= 0.3 is 0 Å². The van der Waals surface area contributed by atoms with Crippen LogP contribution >= 0.6 is 11.3 Å². The molecule has 0 bridgehead atoms. The van der Waals surface area contributed by atoms with Gasteiger partial charge in [0.1, 0.15) is 11.2 Å². The van der Waals surface area contributed by atoms with E-state index in [-0.39, 0.29) is 0 Å². The normalized spacial score (nSPS) is 11.7. The lowest BCUT2D eigenvalue weighted by atomic mass is 9.98. The zero-order valence-corrected chi connectivity index (χ0v) is 27.2. The molecule has 0 radical (unpaired) electrons. The number of rotatable bonds is 5. The first-order valence-electron chi connectivity index (χ1n) is 16.4. The van der Waals surface area contributed by atoms with Crippen molar-refractivity contribution in [2.24, 2.45) is 0 Å². The van der Waals surface area contributed by atoms with E-state index in [0.717, 1.165) is 50.1 Å². The van der Waals surface area contributed by atoms with E-state index >= 15 is 0 Å². The van der Waals surface area contributed by atoms with Gasteiger partial charge in [-0.25, -0.2) is 0 Å². The maximum absolute atomic E-state index is 6.17. The van der Waals surface area contributed by atoms with Crippen LogP contribution in [0.25, 0.3) is 75.1 Å². The molecule has 4 heteroatoms. The van der Waals surface area contributed by atoms with Crippen molar-refractivity contribution in [1.29, 1.82) is 0 Å². The number of aromatic nitrogens is 1. The molecule has 0 saturated carbocycles. The van der Waals surface area contributed by atoms with E-state index in [1.54, 1.807) is 6.20 Å². The first-order chi connectivity index (χ1) is 24.3. The van der Waals surface area contributed by atoms with Gasteiger partial charge in [-0.05, 0) is 82.1 Å². The fraction of sp³-hybridized carbons (Fsp3) is 0. The molecule has 0 N–H and O–H groups in total. The molecule has 0 atom stereocenters. The zero-order chi connectivity index (χ0) is 32.3. The second kappa shape index (κ2) is 11.2. The van der Waals surface area contributed by atoms with Gasteiger partial charge in [0.15, 0.2) is 0 Å². The van der Waals surface area contributed by atoms with Gasteiger partial charge in [0.05, 0.1) is 5.69 Å². The minimum absolute atomic E-state index is 0.858. The Morgan fingerprint density at radius 2 is 1.24 bits per heavy atom. The maximum Gasteiger partial charge on any atom is 0.138 e. The lowest BCUT2D eigenvalue weighted by Crippen LogP contribution is -2.11. The maximum atomic E-state index is 6.17. The Morgan fingerprint density at radius 3 is 2.16 bits per heavy atom. The van der Waals surface area contributed by atoms with E-state index in [1.165, 1.54) is 42.1 Å². The second-order valence-electron chi connectivity index (χ2n) is 12.4. The quantitative estimate of drug-likeness (QED) is 0.187. The molecule has 230 valence electrons. The summed E-state index contributed by atoms with van der Waals surface area (Å²) in [4.78, 5) is 6.78. The summed E-state index contributed by atoms with van der Waals surface area (Å²) < 4.78 is 8.76. The number of anilines is 3. The number of para-hydroxylation sites is 1. The monoisotopic (exact) mass is 644 g/mol. The molecule has 10 aromatic rings. The van der Waals surface area contributed by atoms with E-state index in [9.17, 15) is 0 Å². The molecular formula is C45H28N2OS. The van der Waals surface area contributed by atoms with Gasteiger partial charge < -0.3 is 9.32 Å². The molecule has 0 aliphatic heterocycles. The van der Waals surface area contributed by atoms with Gasteiger partial charge in [0.2, 0.25) is 0 Å². The van der Waals surface area contributed by atoms with E-state index in [2.05, 4.69) is 162 Å². The molecule has 0 aliphatic carbocycles. The molecule has 0 aliphatic rings. The third-order valence-electron chi connectivity index (χ3n) is 9.56. The van der Waals surface area contributed by atoms with Crippen molar-refractivity contribution in [1.82, 2.24) is 4.98 Å². The molecule has 0 fully saturated rings. The van der Waals surface area contributed by atoms with Gasteiger partial charge in [-0.15, -0.1) is 11.3 Å².